The number of hydrogen-bond acceptors (Lipinski definition) is 3. The molecule has 25 heavy (non-hydrogen) atoms. The number of aromatic nitrogens is 1. The molecule has 128 valence electrons. The van der Waals surface area contributed by atoms with Gasteiger partial charge in [0.25, 0.3) is 5.91 Å². The van der Waals surface area contributed by atoms with Crippen LogP contribution in [-0.4, -0.2) is 10.9 Å². The molecule has 2 aromatic carbocycles. The summed E-state index contributed by atoms with van der Waals surface area (Å²) in [4.78, 5) is 17.2. The molecule has 1 amide bonds. The number of benzene rings is 2. The Morgan fingerprint density at radius 2 is 1.64 bits per heavy atom. The molecule has 3 rings (SSSR count). The van der Waals surface area contributed by atoms with Crippen LogP contribution in [-0.2, 0) is 5.41 Å². The molecule has 1 heterocycles. The van der Waals surface area contributed by atoms with E-state index in [2.05, 4.69) is 31.1 Å². The normalized spacial score (nSPS) is 11.4. The fourth-order valence-corrected chi connectivity index (χ4v) is 3.44. The summed E-state index contributed by atoms with van der Waals surface area (Å²) in [6.45, 7) is 8.43. The molecule has 0 radical (unpaired) electrons. The standard InChI is InChI=1S/C21H22N2OS/c1-14-22-18(15-8-6-5-7-9-15)20(25-14)23-19(24)16-10-12-17(13-11-16)21(2,3)4/h5-13H,1-4H3,(H,23,24). The molecule has 4 heteroatoms. The van der Waals surface area contributed by atoms with Crippen molar-refractivity contribution in [3.63, 3.8) is 0 Å². The Bertz CT molecular complexity index is 875. The minimum Gasteiger partial charge on any atom is -0.312 e. The molecule has 0 saturated carbocycles. The second-order valence-electron chi connectivity index (χ2n) is 7.06. The van der Waals surface area contributed by atoms with Crippen molar-refractivity contribution in [2.75, 3.05) is 5.32 Å². The maximum atomic E-state index is 12.6. The first-order valence-corrected chi connectivity index (χ1v) is 9.11. The molecule has 3 aromatic rings. The second kappa shape index (κ2) is 6.81. The van der Waals surface area contributed by atoms with E-state index < -0.39 is 0 Å². The van der Waals surface area contributed by atoms with Crippen LogP contribution in [0.4, 0.5) is 5.00 Å². The molecule has 0 bridgehead atoms. The van der Waals surface area contributed by atoms with Crippen LogP contribution in [0.5, 0.6) is 0 Å². The zero-order chi connectivity index (χ0) is 18.0. The molecule has 0 saturated heterocycles. The summed E-state index contributed by atoms with van der Waals surface area (Å²) >= 11 is 1.50. The van der Waals surface area contributed by atoms with Crippen LogP contribution >= 0.6 is 11.3 Å². The smallest absolute Gasteiger partial charge is 0.256 e. The zero-order valence-corrected chi connectivity index (χ0v) is 15.8. The highest BCUT2D eigenvalue weighted by atomic mass is 32.1. The predicted molar refractivity (Wildman–Crippen MR) is 105 cm³/mol. The van der Waals surface area contributed by atoms with Crippen LogP contribution < -0.4 is 5.32 Å². The van der Waals surface area contributed by atoms with Gasteiger partial charge in [-0.1, -0.05) is 63.2 Å². The van der Waals surface area contributed by atoms with Crippen molar-refractivity contribution in [1.82, 2.24) is 4.98 Å². The first kappa shape index (κ1) is 17.4. The number of carbonyl (C=O) groups excluding carboxylic acids is 1. The van der Waals surface area contributed by atoms with Crippen LogP contribution in [0.3, 0.4) is 0 Å². The van der Waals surface area contributed by atoms with Crippen LogP contribution in [0.25, 0.3) is 11.3 Å². The number of aryl methyl sites for hydroxylation is 1. The topological polar surface area (TPSA) is 42.0 Å². The number of amides is 1. The maximum Gasteiger partial charge on any atom is 0.256 e. The Kier molecular flexibility index (Phi) is 4.73. The van der Waals surface area contributed by atoms with Crippen LogP contribution in [0.1, 0.15) is 41.7 Å². The van der Waals surface area contributed by atoms with Crippen LogP contribution in [0.15, 0.2) is 54.6 Å². The van der Waals surface area contributed by atoms with Gasteiger partial charge in [-0.3, -0.25) is 4.79 Å². The average molecular weight is 350 g/mol. The Morgan fingerprint density at radius 3 is 2.24 bits per heavy atom. The van der Waals surface area contributed by atoms with Gasteiger partial charge >= 0.3 is 0 Å². The van der Waals surface area contributed by atoms with Gasteiger partial charge in [0.05, 0.1) is 5.01 Å². The van der Waals surface area contributed by atoms with E-state index in [1.54, 1.807) is 0 Å². The Labute approximate surface area is 152 Å². The van der Waals surface area contributed by atoms with E-state index in [4.69, 9.17) is 0 Å². The molecule has 0 aliphatic heterocycles. The third-order valence-corrected chi connectivity index (χ3v) is 4.91. The molecule has 1 aromatic heterocycles. The monoisotopic (exact) mass is 350 g/mol. The molecular weight excluding hydrogens is 328 g/mol. The number of rotatable bonds is 3. The van der Waals surface area contributed by atoms with Gasteiger partial charge in [-0.25, -0.2) is 4.98 Å². The van der Waals surface area contributed by atoms with Crippen molar-refractivity contribution < 1.29 is 4.79 Å². The number of anilines is 1. The lowest BCUT2D eigenvalue weighted by Gasteiger charge is -2.19. The summed E-state index contributed by atoms with van der Waals surface area (Å²) in [6, 6.07) is 17.7. The van der Waals surface area contributed by atoms with E-state index in [9.17, 15) is 4.79 Å². The Morgan fingerprint density at radius 1 is 1.00 bits per heavy atom. The predicted octanol–water partition coefficient (Wildman–Crippen LogP) is 5.67. The fourth-order valence-electron chi connectivity index (χ4n) is 2.60. The first-order valence-electron chi connectivity index (χ1n) is 8.29. The Balaban J connectivity index is 1.85. The minimum atomic E-state index is -0.110. The number of nitrogens with zero attached hydrogens (tertiary/aromatic N) is 1. The van der Waals surface area contributed by atoms with Gasteiger partial charge in [-0.15, -0.1) is 11.3 Å². The average Bonchev–Trinajstić information content (AvgIpc) is 2.95. The van der Waals surface area contributed by atoms with E-state index in [0.717, 1.165) is 21.3 Å². The van der Waals surface area contributed by atoms with Crippen molar-refractivity contribution in [1.29, 1.82) is 0 Å². The zero-order valence-electron chi connectivity index (χ0n) is 15.0. The minimum absolute atomic E-state index is 0.0737. The molecular formula is C21H22N2OS. The molecule has 0 aliphatic rings. The van der Waals surface area contributed by atoms with Gasteiger partial charge < -0.3 is 5.32 Å². The van der Waals surface area contributed by atoms with Crippen molar-refractivity contribution in [2.24, 2.45) is 0 Å². The Hall–Kier alpha value is -2.46. The fraction of sp³-hybridized carbons (Fsp3) is 0.238. The molecule has 0 fully saturated rings. The first-order chi connectivity index (χ1) is 11.8. The lowest BCUT2D eigenvalue weighted by molar-refractivity contribution is 0.102. The highest BCUT2D eigenvalue weighted by Gasteiger charge is 2.17. The second-order valence-corrected chi connectivity index (χ2v) is 8.26. The summed E-state index contributed by atoms with van der Waals surface area (Å²) in [5.74, 6) is -0.110. The summed E-state index contributed by atoms with van der Waals surface area (Å²) in [5, 5.41) is 4.74. The highest BCUT2D eigenvalue weighted by Crippen LogP contribution is 2.33. The molecule has 0 spiro atoms. The quantitative estimate of drug-likeness (QED) is 0.661. The van der Waals surface area contributed by atoms with E-state index in [0.29, 0.717) is 5.56 Å². The van der Waals surface area contributed by atoms with Gasteiger partial charge in [0, 0.05) is 11.1 Å². The highest BCUT2D eigenvalue weighted by molar-refractivity contribution is 7.16. The lowest BCUT2D eigenvalue weighted by Crippen LogP contribution is -2.14. The van der Waals surface area contributed by atoms with Gasteiger partial charge in [0.2, 0.25) is 0 Å². The van der Waals surface area contributed by atoms with Gasteiger partial charge in [-0.05, 0) is 30.0 Å². The van der Waals surface area contributed by atoms with Crippen LogP contribution in [0.2, 0.25) is 0 Å². The number of thiazole rings is 1. The summed E-state index contributed by atoms with van der Waals surface area (Å²) in [7, 11) is 0. The van der Waals surface area contributed by atoms with Gasteiger partial charge in [0.15, 0.2) is 0 Å². The van der Waals surface area contributed by atoms with E-state index in [1.165, 1.54) is 16.9 Å². The maximum absolute atomic E-state index is 12.6. The number of carbonyl (C=O) groups is 1. The van der Waals surface area contributed by atoms with Gasteiger partial charge in [0.1, 0.15) is 10.7 Å². The molecule has 0 unspecified atom stereocenters. The summed E-state index contributed by atoms with van der Waals surface area (Å²) in [5.41, 5.74) is 3.76. The van der Waals surface area contributed by atoms with Crippen LogP contribution in [0, 0.1) is 6.92 Å². The molecule has 0 aliphatic carbocycles. The van der Waals surface area contributed by atoms with E-state index >= 15 is 0 Å². The number of nitrogens with one attached hydrogen (secondary N) is 1. The molecule has 1 N–H and O–H groups in total. The summed E-state index contributed by atoms with van der Waals surface area (Å²) in [6.07, 6.45) is 0. The molecule has 0 atom stereocenters. The third kappa shape index (κ3) is 3.97. The SMILES string of the molecule is Cc1nc(-c2ccccc2)c(NC(=O)c2ccc(C(C)(C)C)cc2)s1. The van der Waals surface area contributed by atoms with Gasteiger partial charge in [-0.2, -0.15) is 0 Å². The van der Waals surface area contributed by atoms with Crippen molar-refractivity contribution >= 4 is 22.2 Å². The third-order valence-electron chi connectivity index (χ3n) is 4.02. The number of hydrogen-bond donors (Lipinski definition) is 1. The van der Waals surface area contributed by atoms with Crippen molar-refractivity contribution in [2.45, 2.75) is 33.1 Å². The van der Waals surface area contributed by atoms with Crippen molar-refractivity contribution in [3.8, 4) is 11.3 Å². The summed E-state index contributed by atoms with van der Waals surface area (Å²) < 4.78 is 0. The largest absolute Gasteiger partial charge is 0.312 e. The lowest BCUT2D eigenvalue weighted by atomic mass is 9.87. The van der Waals surface area contributed by atoms with Crippen molar-refractivity contribution in [3.05, 3.63) is 70.7 Å². The molecule has 3 nitrogen and oxygen atoms in total. The van der Waals surface area contributed by atoms with E-state index in [1.807, 2.05) is 61.5 Å². The van der Waals surface area contributed by atoms with E-state index in [-0.39, 0.29) is 11.3 Å².